The summed E-state index contributed by atoms with van der Waals surface area (Å²) >= 11 is 1.92. The molecule has 9 aliphatic rings. The molecule has 9 unspecified atom stereocenters. The van der Waals surface area contributed by atoms with Crippen LogP contribution in [0.25, 0.3) is 0 Å². The number of fused-ring (bicyclic) bond motifs is 5. The van der Waals surface area contributed by atoms with Gasteiger partial charge in [-0.2, -0.15) is 11.8 Å². The molecule has 18 heteroatoms. The number of unbranched alkanes of at least 4 members (excludes halogenated alkanes) is 1. The van der Waals surface area contributed by atoms with Gasteiger partial charge in [0.1, 0.15) is 6.10 Å². The zero-order valence-electron chi connectivity index (χ0n) is 47.7. The number of morpholine rings is 1. The van der Waals surface area contributed by atoms with Crippen molar-refractivity contribution in [3.63, 3.8) is 0 Å². The number of amides is 3. The first-order chi connectivity index (χ1) is 36.4. The van der Waals surface area contributed by atoms with Crippen LogP contribution < -0.4 is 27.0 Å². The summed E-state index contributed by atoms with van der Waals surface area (Å²) in [4.78, 5) is 26.3. The van der Waals surface area contributed by atoms with E-state index >= 15 is 0 Å². The zero-order chi connectivity index (χ0) is 53.9. The largest absolute Gasteiger partial charge is 0.388 e. The molecule has 9 fully saturated rings. The third-order valence-corrected chi connectivity index (χ3v) is 22.7. The summed E-state index contributed by atoms with van der Waals surface area (Å²) in [6.07, 6.45) is 12.8. The van der Waals surface area contributed by atoms with Crippen molar-refractivity contribution >= 4 is 23.7 Å². The Morgan fingerprint density at radius 1 is 0.934 bits per heavy atom. The van der Waals surface area contributed by atoms with Gasteiger partial charge in [0.05, 0.1) is 80.7 Å². The minimum absolute atomic E-state index is 0.00345. The minimum atomic E-state index is -1.06. The monoisotopic (exact) mass is 1090 g/mol. The lowest BCUT2D eigenvalue weighted by atomic mass is 9.43. The fraction of sp³-hybridized carbons (Fsp3) is 0.966. The Morgan fingerprint density at radius 3 is 2.39 bits per heavy atom. The highest BCUT2D eigenvalue weighted by Crippen LogP contribution is 2.87. The maximum Gasteiger partial charge on any atom is 0.315 e. The molecule has 76 heavy (non-hydrogen) atoms. The number of nitrogens with two attached hydrogens (primary N) is 1. The van der Waals surface area contributed by atoms with E-state index in [-0.39, 0.29) is 82.1 Å². The number of rotatable bonds is 29. The number of hydrogen-bond acceptors (Lipinski definition) is 15. The summed E-state index contributed by atoms with van der Waals surface area (Å²) in [5.74, 6) is 2.31. The smallest absolute Gasteiger partial charge is 0.315 e. The SMILES string of the molecule is CCO[C@@H](C1C[C@@H](C)[C@H]2C(O1)[C@H](O)[C@@]1(N)C3CC[C@H]4C(C)(C)C(O[C@H]5CN(CCCNCCCOCCOCCOCCCNC(=O)CCCC[C@@H]6SCC7NC(=O)NC76)CCO5)CCC45CC35CCC21C)C(C)(C)O. The zero-order valence-corrected chi connectivity index (χ0v) is 48.5. The second kappa shape index (κ2) is 25.0. The van der Waals surface area contributed by atoms with E-state index in [0.717, 1.165) is 116 Å². The van der Waals surface area contributed by atoms with Crippen molar-refractivity contribution in [1.29, 1.82) is 0 Å². The van der Waals surface area contributed by atoms with Gasteiger partial charge < -0.3 is 70.4 Å². The highest BCUT2D eigenvalue weighted by molar-refractivity contribution is 8.00. The van der Waals surface area contributed by atoms with Crippen LogP contribution in [0, 0.1) is 45.3 Å². The van der Waals surface area contributed by atoms with E-state index in [1.807, 2.05) is 18.7 Å². The van der Waals surface area contributed by atoms with E-state index in [9.17, 15) is 19.8 Å². The number of nitrogens with one attached hydrogen (secondary N) is 4. The molecule has 436 valence electrons. The molecule has 0 bridgehead atoms. The molecule has 0 radical (unpaired) electrons. The van der Waals surface area contributed by atoms with Gasteiger partial charge in [-0.1, -0.05) is 34.1 Å². The Balaban J connectivity index is 0.600. The minimum Gasteiger partial charge on any atom is -0.388 e. The number of nitrogens with zero attached hydrogens (tertiary/aromatic N) is 1. The highest BCUT2D eigenvalue weighted by atomic mass is 32.2. The summed E-state index contributed by atoms with van der Waals surface area (Å²) < 4.78 is 43.6. The molecular weight excluding hydrogens is 989 g/mol. The lowest BCUT2D eigenvalue weighted by molar-refractivity contribution is -0.246. The third-order valence-electron chi connectivity index (χ3n) is 21.1. The van der Waals surface area contributed by atoms with E-state index in [0.29, 0.717) is 82.9 Å². The van der Waals surface area contributed by atoms with Gasteiger partial charge in [0, 0.05) is 56.9 Å². The van der Waals surface area contributed by atoms with Gasteiger partial charge in [-0.3, -0.25) is 9.69 Å². The van der Waals surface area contributed by atoms with Gasteiger partial charge in [-0.05, 0) is 169 Å². The fourth-order valence-corrected chi connectivity index (χ4v) is 19.2. The second-order valence-corrected chi connectivity index (χ2v) is 27.6. The van der Waals surface area contributed by atoms with E-state index in [1.165, 1.54) is 12.8 Å². The molecule has 17 atom stereocenters. The molecule has 0 aromatic rings. The number of carbonyl (C=O) groups excluding carboxylic acids is 2. The van der Waals surface area contributed by atoms with Crippen molar-refractivity contribution < 1.29 is 53.0 Å². The predicted molar refractivity (Wildman–Crippen MR) is 294 cm³/mol. The average Bonchev–Trinajstić information content (AvgIpc) is 3.71. The van der Waals surface area contributed by atoms with E-state index in [1.54, 1.807) is 13.8 Å². The standard InChI is InChI=1S/C58H102N6O11S/c1-8-72-51(54(5,6)68)40-34-38(2)47-49(74-40)50(66)58(59)43-17-16-42-53(3,4)44(18-19-56(42)37-57(43,56)21-20-55(47,58)7)75-46-35-64(26-29-73-46)25-11-22-60-23-12-27-69-30-32-71-33-31-70-28-13-24-61-45(65)15-10-9-14-41-48-39(36-76-41)62-52(67)63-48/h38-44,46-51,60,66,68H,8-37,59H2,1-7H3,(H,61,65)(H2,62,63,67)/t38-,39?,40?,41+,42+,43?,44?,46+,47+,48?,49?,50+,51+,55?,56?,57?,58+/m1/s1. The Kier molecular flexibility index (Phi) is 19.5. The fourth-order valence-electron chi connectivity index (χ4n) is 17.6. The van der Waals surface area contributed by atoms with Crippen LogP contribution in [0.1, 0.15) is 145 Å². The van der Waals surface area contributed by atoms with Crippen molar-refractivity contribution in [3.05, 3.63) is 0 Å². The first-order valence-corrected chi connectivity index (χ1v) is 31.3. The third kappa shape index (κ3) is 11.9. The van der Waals surface area contributed by atoms with Gasteiger partial charge in [0.2, 0.25) is 5.91 Å². The van der Waals surface area contributed by atoms with Gasteiger partial charge in [-0.15, -0.1) is 0 Å². The molecule has 4 aliphatic heterocycles. The summed E-state index contributed by atoms with van der Waals surface area (Å²) in [6.45, 7) is 25.1. The summed E-state index contributed by atoms with van der Waals surface area (Å²) in [5.41, 5.74) is 6.27. The Hall–Kier alpha value is -1.39. The van der Waals surface area contributed by atoms with Crippen LogP contribution in [0.5, 0.6) is 0 Å². The first-order valence-electron chi connectivity index (χ1n) is 30.2. The highest BCUT2D eigenvalue weighted by Gasteiger charge is 2.85. The Morgan fingerprint density at radius 2 is 1.64 bits per heavy atom. The molecule has 3 amide bonds. The average molecular weight is 1090 g/mol. The maximum absolute atomic E-state index is 12.6. The van der Waals surface area contributed by atoms with Gasteiger partial charge in [0.25, 0.3) is 0 Å². The molecule has 5 saturated carbocycles. The number of aliphatic hydroxyl groups is 2. The predicted octanol–water partition coefficient (Wildman–Crippen LogP) is 5.36. The Bertz CT molecular complexity index is 1920. The van der Waals surface area contributed by atoms with Gasteiger partial charge in [0.15, 0.2) is 6.29 Å². The summed E-state index contributed by atoms with van der Waals surface area (Å²) in [7, 11) is 0. The van der Waals surface area contributed by atoms with Crippen LogP contribution in [-0.2, 0) is 38.0 Å². The molecule has 17 nitrogen and oxygen atoms in total. The second-order valence-electron chi connectivity index (χ2n) is 26.3. The molecule has 2 spiro atoms. The number of hydrogen-bond donors (Lipinski definition) is 7. The Labute approximate surface area is 460 Å². The van der Waals surface area contributed by atoms with Crippen LogP contribution in [0.2, 0.25) is 0 Å². The summed E-state index contributed by atoms with van der Waals surface area (Å²) in [6, 6.07) is 0.427. The van der Waals surface area contributed by atoms with Crippen LogP contribution in [0.15, 0.2) is 0 Å². The van der Waals surface area contributed by atoms with Crippen molar-refractivity contribution in [2.45, 2.75) is 210 Å². The molecule has 0 aromatic heterocycles. The van der Waals surface area contributed by atoms with E-state index in [2.05, 4.69) is 53.9 Å². The molecule has 5 aliphatic carbocycles. The van der Waals surface area contributed by atoms with Gasteiger partial charge in [-0.25, -0.2) is 4.79 Å². The van der Waals surface area contributed by atoms with Crippen molar-refractivity contribution in [1.82, 2.24) is 26.2 Å². The van der Waals surface area contributed by atoms with E-state index in [4.69, 9.17) is 38.9 Å². The molecule has 0 aromatic carbocycles. The number of carbonyl (C=O) groups is 2. The number of thioether (sulfide) groups is 1. The van der Waals surface area contributed by atoms with Crippen LogP contribution in [0.4, 0.5) is 4.79 Å². The maximum atomic E-state index is 12.6. The van der Waals surface area contributed by atoms with E-state index < -0.39 is 23.3 Å². The normalized spacial score (nSPS) is 40.7. The first kappa shape index (κ1) is 59.2. The summed E-state index contributed by atoms with van der Waals surface area (Å²) in [5, 5.41) is 36.8. The molecule has 9 rings (SSSR count). The molecule has 4 heterocycles. The molecular formula is C58H102N6O11S. The van der Waals surface area contributed by atoms with Crippen LogP contribution >= 0.6 is 11.8 Å². The number of ether oxygens (including phenoxy) is 7. The lowest BCUT2D eigenvalue weighted by Gasteiger charge is -2.63. The van der Waals surface area contributed by atoms with Crippen molar-refractivity contribution in [2.75, 3.05) is 97.9 Å². The lowest BCUT2D eigenvalue weighted by Crippen LogP contribution is -2.70. The van der Waals surface area contributed by atoms with Gasteiger partial charge >= 0.3 is 6.03 Å². The van der Waals surface area contributed by atoms with Crippen molar-refractivity contribution in [2.24, 2.45) is 51.1 Å². The number of aliphatic hydroxyl groups excluding tert-OH is 1. The topological polar surface area (TPSA) is 217 Å². The van der Waals surface area contributed by atoms with Crippen LogP contribution in [0.3, 0.4) is 0 Å². The molecule has 4 saturated heterocycles. The molecule has 8 N–H and O–H groups in total. The number of urea groups is 1. The quantitative estimate of drug-likeness (QED) is 0.0371. The van der Waals surface area contributed by atoms with Crippen LogP contribution in [-0.4, -0.2) is 190 Å². The van der Waals surface area contributed by atoms with Crippen molar-refractivity contribution in [3.8, 4) is 0 Å².